The Hall–Kier alpha value is -1.29. The van der Waals surface area contributed by atoms with Crippen molar-refractivity contribution in [2.45, 2.75) is 37.8 Å². The van der Waals surface area contributed by atoms with E-state index in [1.54, 1.807) is 22.9 Å². The minimum absolute atomic E-state index is 0.102. The summed E-state index contributed by atoms with van der Waals surface area (Å²) in [5.74, 6) is 0. The number of rotatable bonds is 1. The molecule has 82 valence electrons. The van der Waals surface area contributed by atoms with Crippen LogP contribution in [0.4, 0.5) is 5.69 Å². The molecule has 1 aliphatic rings. The molecule has 4 nitrogen and oxygen atoms in total. The van der Waals surface area contributed by atoms with Gasteiger partial charge in [-0.15, -0.1) is 0 Å². The lowest BCUT2D eigenvalue weighted by Gasteiger charge is -2.27. The minimum atomic E-state index is -0.280. The predicted molar refractivity (Wildman–Crippen MR) is 58.6 cm³/mol. The van der Waals surface area contributed by atoms with Crippen LogP contribution in [0.1, 0.15) is 31.7 Å². The summed E-state index contributed by atoms with van der Waals surface area (Å²) in [5, 5.41) is 9.55. The number of aliphatic hydroxyl groups excluding tert-OH is 1. The molecule has 1 fully saturated rings. The largest absolute Gasteiger partial charge is 0.394 e. The molecule has 0 radical (unpaired) electrons. The van der Waals surface area contributed by atoms with Crippen LogP contribution in [-0.2, 0) is 0 Å². The molecule has 2 rings (SSSR count). The van der Waals surface area contributed by atoms with E-state index in [1.165, 1.54) is 0 Å². The van der Waals surface area contributed by atoms with Crippen molar-refractivity contribution in [3.63, 3.8) is 0 Å². The Kier molecular flexibility index (Phi) is 2.77. The minimum Gasteiger partial charge on any atom is -0.394 e. The summed E-state index contributed by atoms with van der Waals surface area (Å²) in [7, 11) is 0. The molecule has 1 aliphatic carbocycles. The Morgan fingerprint density at radius 2 is 2.27 bits per heavy atom. The van der Waals surface area contributed by atoms with E-state index in [2.05, 4.69) is 0 Å². The van der Waals surface area contributed by atoms with E-state index >= 15 is 0 Å². The lowest BCUT2D eigenvalue weighted by Crippen LogP contribution is -2.30. The van der Waals surface area contributed by atoms with Gasteiger partial charge in [-0.3, -0.25) is 4.79 Å². The summed E-state index contributed by atoms with van der Waals surface area (Å²) >= 11 is 0. The van der Waals surface area contributed by atoms with Crippen molar-refractivity contribution in [3.05, 3.63) is 28.7 Å². The molecule has 4 heteroatoms. The normalized spacial score (nSPS) is 26.5. The van der Waals surface area contributed by atoms with Crippen LogP contribution in [0.3, 0.4) is 0 Å². The van der Waals surface area contributed by atoms with E-state index in [0.29, 0.717) is 6.42 Å². The SMILES string of the molecule is Nc1cccn(C2CCC[C@@H](O)C2)c1=O. The summed E-state index contributed by atoms with van der Waals surface area (Å²) in [6.45, 7) is 0. The lowest BCUT2D eigenvalue weighted by atomic mass is 9.93. The van der Waals surface area contributed by atoms with Gasteiger partial charge >= 0.3 is 0 Å². The number of hydrogen-bond acceptors (Lipinski definition) is 3. The quantitative estimate of drug-likeness (QED) is 0.720. The number of nitrogens with zero attached hydrogens (tertiary/aromatic N) is 1. The Balaban J connectivity index is 2.29. The third kappa shape index (κ3) is 2.04. The second-order valence-corrected chi connectivity index (χ2v) is 4.15. The zero-order valence-electron chi connectivity index (χ0n) is 8.60. The first-order chi connectivity index (χ1) is 7.18. The van der Waals surface area contributed by atoms with Crippen molar-refractivity contribution in [2.75, 3.05) is 5.73 Å². The second-order valence-electron chi connectivity index (χ2n) is 4.15. The number of pyridine rings is 1. The molecule has 0 amide bonds. The molecule has 0 saturated heterocycles. The number of anilines is 1. The van der Waals surface area contributed by atoms with E-state index < -0.39 is 0 Å². The van der Waals surface area contributed by atoms with Gasteiger partial charge < -0.3 is 15.4 Å². The summed E-state index contributed by atoms with van der Waals surface area (Å²) in [5.41, 5.74) is 5.70. The van der Waals surface area contributed by atoms with Crippen LogP contribution in [-0.4, -0.2) is 15.8 Å². The maximum atomic E-state index is 11.7. The van der Waals surface area contributed by atoms with Crippen molar-refractivity contribution in [1.82, 2.24) is 4.57 Å². The molecule has 15 heavy (non-hydrogen) atoms. The van der Waals surface area contributed by atoms with Crippen molar-refractivity contribution in [2.24, 2.45) is 0 Å². The lowest BCUT2D eigenvalue weighted by molar-refractivity contribution is 0.103. The van der Waals surface area contributed by atoms with Gasteiger partial charge in [-0.2, -0.15) is 0 Å². The summed E-state index contributed by atoms with van der Waals surface area (Å²) in [6, 6.07) is 3.49. The standard InChI is InChI=1S/C11H16N2O2/c12-10-5-2-6-13(11(10)15)8-3-1-4-9(14)7-8/h2,5-6,8-9,14H,1,3-4,7,12H2/t8?,9-/m1/s1. The van der Waals surface area contributed by atoms with Crippen LogP contribution in [0.15, 0.2) is 23.1 Å². The van der Waals surface area contributed by atoms with Gasteiger partial charge in [0.2, 0.25) is 0 Å². The maximum Gasteiger partial charge on any atom is 0.273 e. The molecule has 1 aromatic rings. The highest BCUT2D eigenvalue weighted by Gasteiger charge is 2.22. The molecule has 2 atom stereocenters. The van der Waals surface area contributed by atoms with Gasteiger partial charge in [0.15, 0.2) is 0 Å². The summed E-state index contributed by atoms with van der Waals surface area (Å²) in [4.78, 5) is 11.7. The number of aromatic nitrogens is 1. The van der Waals surface area contributed by atoms with Crippen LogP contribution < -0.4 is 11.3 Å². The first-order valence-electron chi connectivity index (χ1n) is 5.33. The zero-order chi connectivity index (χ0) is 10.8. The van der Waals surface area contributed by atoms with E-state index in [4.69, 9.17) is 5.73 Å². The molecular formula is C11H16N2O2. The zero-order valence-corrected chi connectivity index (χ0v) is 8.60. The van der Waals surface area contributed by atoms with Gasteiger partial charge in [0.1, 0.15) is 0 Å². The molecule has 0 spiro atoms. The van der Waals surface area contributed by atoms with Gasteiger partial charge in [-0.25, -0.2) is 0 Å². The van der Waals surface area contributed by atoms with Gasteiger partial charge in [0.05, 0.1) is 11.8 Å². The number of hydrogen-bond donors (Lipinski definition) is 2. The summed E-state index contributed by atoms with van der Waals surface area (Å²) < 4.78 is 1.65. The third-order valence-electron chi connectivity index (χ3n) is 3.02. The van der Waals surface area contributed by atoms with Crippen LogP contribution in [0, 0.1) is 0 Å². The molecule has 1 saturated carbocycles. The molecule has 3 N–H and O–H groups in total. The van der Waals surface area contributed by atoms with Crippen LogP contribution >= 0.6 is 0 Å². The molecule has 0 aromatic carbocycles. The van der Waals surface area contributed by atoms with Gasteiger partial charge in [0.25, 0.3) is 5.56 Å². The van der Waals surface area contributed by atoms with Crippen molar-refractivity contribution < 1.29 is 5.11 Å². The van der Waals surface area contributed by atoms with Crippen LogP contribution in [0.5, 0.6) is 0 Å². The average Bonchev–Trinajstić information content (AvgIpc) is 2.22. The Morgan fingerprint density at radius 3 is 3.00 bits per heavy atom. The second kappa shape index (κ2) is 4.06. The van der Waals surface area contributed by atoms with E-state index in [0.717, 1.165) is 19.3 Å². The topological polar surface area (TPSA) is 68.2 Å². The number of nitrogens with two attached hydrogens (primary N) is 1. The molecule has 1 unspecified atom stereocenters. The smallest absolute Gasteiger partial charge is 0.273 e. The van der Waals surface area contributed by atoms with E-state index in [-0.39, 0.29) is 23.4 Å². The van der Waals surface area contributed by atoms with E-state index in [9.17, 15) is 9.90 Å². The highest BCUT2D eigenvalue weighted by atomic mass is 16.3. The fourth-order valence-electron chi connectivity index (χ4n) is 2.21. The number of aliphatic hydroxyl groups is 1. The first kappa shape index (κ1) is 10.2. The first-order valence-corrected chi connectivity index (χ1v) is 5.33. The highest BCUT2D eigenvalue weighted by molar-refractivity contribution is 5.33. The number of nitrogen functional groups attached to an aromatic ring is 1. The third-order valence-corrected chi connectivity index (χ3v) is 3.02. The molecule has 1 aromatic heterocycles. The Morgan fingerprint density at radius 1 is 1.47 bits per heavy atom. The fourth-order valence-corrected chi connectivity index (χ4v) is 2.21. The summed E-state index contributed by atoms with van der Waals surface area (Å²) in [6.07, 6.45) is 4.88. The van der Waals surface area contributed by atoms with Gasteiger partial charge in [-0.1, -0.05) is 0 Å². The van der Waals surface area contributed by atoms with Crippen LogP contribution in [0.2, 0.25) is 0 Å². The molecule has 1 heterocycles. The van der Waals surface area contributed by atoms with E-state index in [1.807, 2.05) is 0 Å². The highest BCUT2D eigenvalue weighted by Crippen LogP contribution is 2.27. The monoisotopic (exact) mass is 208 g/mol. The van der Waals surface area contributed by atoms with Crippen molar-refractivity contribution in [3.8, 4) is 0 Å². The Bertz CT molecular complexity index is 400. The Labute approximate surface area is 88.3 Å². The predicted octanol–water partition coefficient (Wildman–Crippen LogP) is 0.906. The maximum absolute atomic E-state index is 11.7. The fraction of sp³-hybridized carbons (Fsp3) is 0.545. The molecule has 0 bridgehead atoms. The molecule has 0 aliphatic heterocycles. The molecular weight excluding hydrogens is 192 g/mol. The van der Waals surface area contributed by atoms with Crippen molar-refractivity contribution >= 4 is 5.69 Å². The van der Waals surface area contributed by atoms with Gasteiger partial charge in [0, 0.05) is 12.2 Å². The van der Waals surface area contributed by atoms with Gasteiger partial charge in [-0.05, 0) is 37.8 Å². The average molecular weight is 208 g/mol. The van der Waals surface area contributed by atoms with Crippen molar-refractivity contribution in [1.29, 1.82) is 0 Å². The van der Waals surface area contributed by atoms with Crippen LogP contribution in [0.25, 0.3) is 0 Å².